The van der Waals surface area contributed by atoms with Crippen molar-refractivity contribution in [2.24, 2.45) is 0 Å². The van der Waals surface area contributed by atoms with Crippen molar-refractivity contribution >= 4 is 34.2 Å². The Balaban J connectivity index is 2.62. The highest BCUT2D eigenvalue weighted by Crippen LogP contribution is 2.29. The van der Waals surface area contributed by atoms with Crippen LogP contribution in [0.5, 0.6) is 5.75 Å². The third-order valence-corrected chi connectivity index (χ3v) is 4.18. The lowest BCUT2D eigenvalue weighted by Crippen LogP contribution is -2.02. The molecular weight excluding hydrogens is 382 g/mol. The molecule has 1 N–H and O–H groups in total. The van der Waals surface area contributed by atoms with Gasteiger partial charge in [0, 0.05) is 11.6 Å². The monoisotopic (exact) mass is 392 g/mol. The number of hydrogen-bond acceptors (Lipinski definition) is 3. The number of aromatic hydroxyl groups is 1. The third kappa shape index (κ3) is 3.14. The Morgan fingerprint density at radius 1 is 1.26 bits per heavy atom. The van der Waals surface area contributed by atoms with Crippen LogP contribution in [0.1, 0.15) is 25.5 Å². The zero-order chi connectivity index (χ0) is 14.2. The van der Waals surface area contributed by atoms with Gasteiger partial charge in [-0.1, -0.05) is 25.4 Å². The Labute approximate surface area is 129 Å². The summed E-state index contributed by atoms with van der Waals surface area (Å²) in [6.45, 7) is 3.99. The Kier molecular flexibility index (Phi) is 4.25. The van der Waals surface area contributed by atoms with E-state index in [1.165, 1.54) is 12.1 Å². The van der Waals surface area contributed by atoms with E-state index in [1.54, 1.807) is 0 Å². The van der Waals surface area contributed by atoms with Crippen LogP contribution in [-0.4, -0.2) is 15.1 Å². The molecule has 1 heterocycles. The highest BCUT2D eigenvalue weighted by Gasteiger charge is 2.15. The van der Waals surface area contributed by atoms with E-state index in [9.17, 15) is 9.50 Å². The maximum absolute atomic E-state index is 13.3. The minimum Gasteiger partial charge on any atom is -0.508 e. The molecule has 6 heteroatoms. The number of aromatic nitrogens is 2. The lowest BCUT2D eigenvalue weighted by Gasteiger charge is -2.11. The van der Waals surface area contributed by atoms with Crippen LogP contribution in [0.4, 0.5) is 4.39 Å². The van der Waals surface area contributed by atoms with Crippen LogP contribution < -0.4 is 0 Å². The molecule has 0 aliphatic rings. The van der Waals surface area contributed by atoms with Gasteiger partial charge in [-0.15, -0.1) is 0 Å². The van der Waals surface area contributed by atoms with Gasteiger partial charge in [0.1, 0.15) is 16.7 Å². The first-order valence-electron chi connectivity index (χ1n) is 5.61. The highest BCUT2D eigenvalue weighted by atomic mass is 127. The Morgan fingerprint density at radius 3 is 2.53 bits per heavy atom. The van der Waals surface area contributed by atoms with Gasteiger partial charge in [0.05, 0.1) is 9.26 Å². The van der Waals surface area contributed by atoms with Gasteiger partial charge in [0.25, 0.3) is 0 Å². The van der Waals surface area contributed by atoms with Gasteiger partial charge in [-0.25, -0.2) is 14.4 Å². The van der Waals surface area contributed by atoms with Crippen molar-refractivity contribution in [3.05, 3.63) is 38.4 Å². The predicted octanol–water partition coefficient (Wildman–Crippen LogP) is 4.37. The van der Waals surface area contributed by atoms with E-state index in [-0.39, 0.29) is 11.7 Å². The summed E-state index contributed by atoms with van der Waals surface area (Å²) in [5.74, 6) is -0.226. The van der Waals surface area contributed by atoms with Crippen LogP contribution in [0.25, 0.3) is 11.4 Å². The van der Waals surface area contributed by atoms with Crippen molar-refractivity contribution in [3.63, 3.8) is 0 Å². The van der Waals surface area contributed by atoms with Crippen molar-refractivity contribution < 1.29 is 9.50 Å². The van der Waals surface area contributed by atoms with Crippen LogP contribution >= 0.6 is 34.2 Å². The molecule has 0 spiro atoms. The van der Waals surface area contributed by atoms with E-state index < -0.39 is 5.82 Å². The minimum atomic E-state index is -0.542. The van der Waals surface area contributed by atoms with Gasteiger partial charge in [-0.05, 0) is 40.6 Å². The standard InChI is InChI=1S/C13H11ClFIN2O/c1-6(2)11-10(16)12(14)18-13(17-11)7-3-8(15)5-9(19)4-7/h3-6,19H,1-2H3. The second kappa shape index (κ2) is 5.58. The van der Waals surface area contributed by atoms with Gasteiger partial charge in [0.2, 0.25) is 0 Å². The number of phenols is 1. The lowest BCUT2D eigenvalue weighted by atomic mass is 10.1. The summed E-state index contributed by atoms with van der Waals surface area (Å²) < 4.78 is 14.1. The van der Waals surface area contributed by atoms with Gasteiger partial charge >= 0.3 is 0 Å². The first-order chi connectivity index (χ1) is 8.88. The quantitative estimate of drug-likeness (QED) is 0.610. The molecule has 0 aliphatic carbocycles. The Bertz CT molecular complexity index is 614. The topological polar surface area (TPSA) is 46.0 Å². The molecule has 0 atom stereocenters. The zero-order valence-corrected chi connectivity index (χ0v) is 13.2. The molecule has 0 radical (unpaired) electrons. The van der Waals surface area contributed by atoms with Crippen LogP contribution in [0.15, 0.2) is 18.2 Å². The number of rotatable bonds is 2. The van der Waals surface area contributed by atoms with Crippen LogP contribution in [-0.2, 0) is 0 Å². The fourth-order valence-electron chi connectivity index (χ4n) is 1.65. The molecule has 19 heavy (non-hydrogen) atoms. The Morgan fingerprint density at radius 2 is 1.95 bits per heavy atom. The summed E-state index contributed by atoms with van der Waals surface area (Å²) in [6, 6.07) is 3.70. The van der Waals surface area contributed by atoms with Crippen LogP contribution in [0, 0.1) is 9.39 Å². The molecule has 100 valence electrons. The third-order valence-electron chi connectivity index (χ3n) is 2.52. The van der Waals surface area contributed by atoms with Crippen molar-refractivity contribution in [1.82, 2.24) is 9.97 Å². The summed E-state index contributed by atoms with van der Waals surface area (Å²) in [7, 11) is 0. The average Bonchev–Trinajstić information content (AvgIpc) is 2.30. The smallest absolute Gasteiger partial charge is 0.161 e. The molecular formula is C13H11ClFIN2O. The van der Waals surface area contributed by atoms with E-state index >= 15 is 0 Å². The summed E-state index contributed by atoms with van der Waals surface area (Å²) in [4.78, 5) is 8.54. The number of phenolic OH excluding ortho intramolecular Hbond substituents is 1. The summed E-state index contributed by atoms with van der Waals surface area (Å²) >= 11 is 8.17. The molecule has 1 aromatic heterocycles. The fourth-order valence-corrected chi connectivity index (χ4v) is 2.69. The SMILES string of the molecule is CC(C)c1nc(-c2cc(O)cc(F)c2)nc(Cl)c1I. The first-order valence-corrected chi connectivity index (χ1v) is 7.07. The number of hydrogen-bond donors (Lipinski definition) is 1. The number of halogens is 3. The molecule has 0 amide bonds. The van der Waals surface area contributed by atoms with Crippen molar-refractivity contribution in [3.8, 4) is 17.1 Å². The highest BCUT2D eigenvalue weighted by molar-refractivity contribution is 14.1. The molecule has 2 rings (SSSR count). The van der Waals surface area contributed by atoms with E-state index in [0.717, 1.165) is 15.3 Å². The average molecular weight is 393 g/mol. The second-order valence-corrected chi connectivity index (χ2v) is 5.83. The predicted molar refractivity (Wildman–Crippen MR) is 80.9 cm³/mol. The summed E-state index contributed by atoms with van der Waals surface area (Å²) in [6.07, 6.45) is 0. The molecule has 0 bridgehead atoms. The maximum Gasteiger partial charge on any atom is 0.161 e. The van der Waals surface area contributed by atoms with Crippen molar-refractivity contribution in [2.45, 2.75) is 19.8 Å². The molecule has 0 saturated carbocycles. The van der Waals surface area contributed by atoms with E-state index in [1.807, 2.05) is 13.8 Å². The molecule has 3 nitrogen and oxygen atoms in total. The van der Waals surface area contributed by atoms with Crippen molar-refractivity contribution in [1.29, 1.82) is 0 Å². The first kappa shape index (κ1) is 14.5. The molecule has 0 unspecified atom stereocenters. The molecule has 2 aromatic rings. The molecule has 1 aromatic carbocycles. The second-order valence-electron chi connectivity index (χ2n) is 4.39. The van der Waals surface area contributed by atoms with Gasteiger partial charge < -0.3 is 5.11 Å². The molecule has 0 aliphatic heterocycles. The molecule has 0 fully saturated rings. The van der Waals surface area contributed by atoms with Crippen molar-refractivity contribution in [2.75, 3.05) is 0 Å². The Hall–Kier alpha value is -0.950. The number of benzene rings is 1. The van der Waals surface area contributed by atoms with Gasteiger partial charge in [0.15, 0.2) is 5.82 Å². The number of nitrogens with zero attached hydrogens (tertiary/aromatic N) is 2. The van der Waals surface area contributed by atoms with Gasteiger partial charge in [-0.2, -0.15) is 0 Å². The summed E-state index contributed by atoms with van der Waals surface area (Å²) in [5, 5.41) is 9.76. The largest absolute Gasteiger partial charge is 0.508 e. The fraction of sp³-hybridized carbons (Fsp3) is 0.231. The molecule has 0 saturated heterocycles. The maximum atomic E-state index is 13.3. The van der Waals surface area contributed by atoms with E-state index in [0.29, 0.717) is 16.5 Å². The van der Waals surface area contributed by atoms with Crippen LogP contribution in [0.3, 0.4) is 0 Å². The van der Waals surface area contributed by atoms with Crippen LogP contribution in [0.2, 0.25) is 5.15 Å². The van der Waals surface area contributed by atoms with Gasteiger partial charge in [-0.3, -0.25) is 0 Å². The minimum absolute atomic E-state index is 0.167. The zero-order valence-electron chi connectivity index (χ0n) is 10.3. The summed E-state index contributed by atoms with van der Waals surface area (Å²) in [5.41, 5.74) is 1.21. The lowest BCUT2D eigenvalue weighted by molar-refractivity contribution is 0.469. The van der Waals surface area contributed by atoms with E-state index in [2.05, 4.69) is 32.6 Å². The van der Waals surface area contributed by atoms with E-state index in [4.69, 9.17) is 11.6 Å². The normalized spacial score (nSPS) is 11.1.